The molecule has 94 valence electrons. The molecular formula is C13H14N2O2S. The smallest absolute Gasteiger partial charge is 0.252 e. The number of anilines is 1. The summed E-state index contributed by atoms with van der Waals surface area (Å²) in [5.41, 5.74) is 3.13. The minimum atomic E-state index is -0.191. The Hall–Kier alpha value is -1.72. The van der Waals surface area contributed by atoms with Crippen LogP contribution in [-0.4, -0.2) is 24.6 Å². The molecule has 5 heteroatoms. The quantitative estimate of drug-likeness (QED) is 0.921. The second kappa shape index (κ2) is 5.75. The van der Waals surface area contributed by atoms with Gasteiger partial charge in [-0.3, -0.25) is 10.1 Å². The van der Waals surface area contributed by atoms with E-state index < -0.39 is 0 Å². The summed E-state index contributed by atoms with van der Waals surface area (Å²) in [6.07, 6.45) is 0. The van der Waals surface area contributed by atoms with Crippen molar-refractivity contribution in [3.63, 3.8) is 0 Å². The number of hydrogen-bond donors (Lipinski definition) is 1. The van der Waals surface area contributed by atoms with Crippen LogP contribution in [0.5, 0.6) is 0 Å². The van der Waals surface area contributed by atoms with E-state index in [-0.39, 0.29) is 12.5 Å². The summed E-state index contributed by atoms with van der Waals surface area (Å²) in [6.45, 7) is 2.08. The van der Waals surface area contributed by atoms with Crippen LogP contribution in [0.2, 0.25) is 0 Å². The van der Waals surface area contributed by atoms with Crippen LogP contribution >= 0.6 is 11.3 Å². The number of hydrogen-bond acceptors (Lipinski definition) is 4. The molecule has 18 heavy (non-hydrogen) atoms. The van der Waals surface area contributed by atoms with E-state index in [1.54, 1.807) is 0 Å². The molecule has 0 saturated heterocycles. The standard InChI is InChI=1S/C13H14N2O2S/c1-9-5-3-4-6-10(9)11-8-18-13(14-11)15-12(16)7-17-2/h3-6,8H,7H2,1-2H3,(H,14,15,16). The van der Waals surface area contributed by atoms with Crippen LogP contribution < -0.4 is 5.32 Å². The summed E-state index contributed by atoms with van der Waals surface area (Å²) in [5.74, 6) is -0.191. The third-order valence-electron chi connectivity index (χ3n) is 2.45. The molecule has 2 rings (SSSR count). The molecule has 1 aromatic carbocycles. The van der Waals surface area contributed by atoms with Gasteiger partial charge in [0.25, 0.3) is 5.91 Å². The lowest BCUT2D eigenvalue weighted by Crippen LogP contribution is -2.16. The summed E-state index contributed by atoms with van der Waals surface area (Å²) in [4.78, 5) is 15.8. The number of nitrogens with one attached hydrogen (secondary N) is 1. The van der Waals surface area contributed by atoms with E-state index in [2.05, 4.69) is 10.3 Å². The van der Waals surface area contributed by atoms with Gasteiger partial charge < -0.3 is 4.74 Å². The number of nitrogens with zero attached hydrogens (tertiary/aromatic N) is 1. The predicted octanol–water partition coefficient (Wildman–Crippen LogP) is 2.70. The molecular weight excluding hydrogens is 248 g/mol. The lowest BCUT2D eigenvalue weighted by Gasteiger charge is -2.01. The molecule has 0 unspecified atom stereocenters. The Morgan fingerprint density at radius 3 is 2.94 bits per heavy atom. The largest absolute Gasteiger partial charge is 0.375 e. The second-order valence-electron chi connectivity index (χ2n) is 3.83. The first-order chi connectivity index (χ1) is 8.70. The summed E-state index contributed by atoms with van der Waals surface area (Å²) >= 11 is 1.41. The zero-order valence-electron chi connectivity index (χ0n) is 10.3. The number of amides is 1. The van der Waals surface area contributed by atoms with Gasteiger partial charge in [-0.05, 0) is 12.5 Å². The summed E-state index contributed by atoms with van der Waals surface area (Å²) in [7, 11) is 1.49. The van der Waals surface area contributed by atoms with Crippen molar-refractivity contribution in [2.45, 2.75) is 6.92 Å². The fraction of sp³-hybridized carbons (Fsp3) is 0.231. The fourth-order valence-corrected chi connectivity index (χ4v) is 2.33. The Bertz CT molecular complexity index is 551. The third-order valence-corrected chi connectivity index (χ3v) is 3.20. The van der Waals surface area contributed by atoms with E-state index in [0.717, 1.165) is 16.8 Å². The van der Waals surface area contributed by atoms with Gasteiger partial charge in [0, 0.05) is 18.1 Å². The molecule has 4 nitrogen and oxygen atoms in total. The molecule has 0 radical (unpaired) electrons. The number of aryl methyl sites for hydroxylation is 1. The van der Waals surface area contributed by atoms with Crippen LogP contribution in [0.3, 0.4) is 0 Å². The maximum Gasteiger partial charge on any atom is 0.252 e. The maximum absolute atomic E-state index is 11.4. The van der Waals surface area contributed by atoms with Crippen LogP contribution in [0, 0.1) is 6.92 Å². The molecule has 1 N–H and O–H groups in total. The minimum Gasteiger partial charge on any atom is -0.375 e. The predicted molar refractivity (Wildman–Crippen MR) is 72.8 cm³/mol. The highest BCUT2D eigenvalue weighted by molar-refractivity contribution is 7.14. The summed E-state index contributed by atoms with van der Waals surface area (Å²) in [6, 6.07) is 8.03. The second-order valence-corrected chi connectivity index (χ2v) is 4.69. The number of methoxy groups -OCH3 is 1. The van der Waals surface area contributed by atoms with E-state index >= 15 is 0 Å². The lowest BCUT2D eigenvalue weighted by molar-refractivity contribution is -0.119. The topological polar surface area (TPSA) is 51.2 Å². The third kappa shape index (κ3) is 2.94. The molecule has 1 aromatic heterocycles. The Morgan fingerprint density at radius 1 is 1.44 bits per heavy atom. The average molecular weight is 262 g/mol. The molecule has 0 saturated carbocycles. The van der Waals surface area contributed by atoms with Gasteiger partial charge in [-0.15, -0.1) is 11.3 Å². The number of benzene rings is 1. The van der Waals surface area contributed by atoms with Crippen molar-refractivity contribution >= 4 is 22.4 Å². The molecule has 0 spiro atoms. The van der Waals surface area contributed by atoms with E-state index in [0.29, 0.717) is 5.13 Å². The van der Waals surface area contributed by atoms with Crippen molar-refractivity contribution in [3.05, 3.63) is 35.2 Å². The first-order valence-corrected chi connectivity index (χ1v) is 6.39. The van der Waals surface area contributed by atoms with E-state index in [1.165, 1.54) is 18.4 Å². The van der Waals surface area contributed by atoms with Crippen molar-refractivity contribution in [2.24, 2.45) is 0 Å². The maximum atomic E-state index is 11.4. The average Bonchev–Trinajstić information content (AvgIpc) is 2.78. The van der Waals surface area contributed by atoms with E-state index in [9.17, 15) is 4.79 Å². The van der Waals surface area contributed by atoms with Crippen molar-refractivity contribution < 1.29 is 9.53 Å². The first-order valence-electron chi connectivity index (χ1n) is 5.51. The van der Waals surface area contributed by atoms with E-state index in [1.807, 2.05) is 36.6 Å². The Labute approximate surface area is 110 Å². The Kier molecular flexibility index (Phi) is 4.07. The van der Waals surface area contributed by atoms with Crippen molar-refractivity contribution in [2.75, 3.05) is 19.0 Å². The van der Waals surface area contributed by atoms with E-state index in [4.69, 9.17) is 4.74 Å². The number of thiazole rings is 1. The molecule has 2 aromatic rings. The zero-order chi connectivity index (χ0) is 13.0. The number of carbonyl (C=O) groups is 1. The molecule has 0 aliphatic carbocycles. The van der Waals surface area contributed by atoms with Crippen LogP contribution in [0.1, 0.15) is 5.56 Å². The lowest BCUT2D eigenvalue weighted by atomic mass is 10.1. The van der Waals surface area contributed by atoms with Crippen molar-refractivity contribution in [1.29, 1.82) is 0 Å². The fourth-order valence-electron chi connectivity index (χ4n) is 1.60. The summed E-state index contributed by atoms with van der Waals surface area (Å²) in [5, 5.41) is 5.22. The van der Waals surface area contributed by atoms with Crippen LogP contribution in [0.4, 0.5) is 5.13 Å². The molecule has 1 amide bonds. The monoisotopic (exact) mass is 262 g/mol. The van der Waals surface area contributed by atoms with Gasteiger partial charge in [0.1, 0.15) is 6.61 Å². The van der Waals surface area contributed by atoms with Gasteiger partial charge in [0.05, 0.1) is 5.69 Å². The Balaban J connectivity index is 2.16. The molecule has 0 aliphatic rings. The highest BCUT2D eigenvalue weighted by Crippen LogP contribution is 2.27. The van der Waals surface area contributed by atoms with Gasteiger partial charge in [0.2, 0.25) is 0 Å². The van der Waals surface area contributed by atoms with Crippen LogP contribution in [-0.2, 0) is 9.53 Å². The summed E-state index contributed by atoms with van der Waals surface area (Å²) < 4.78 is 4.75. The molecule has 1 heterocycles. The van der Waals surface area contributed by atoms with Crippen molar-refractivity contribution in [3.8, 4) is 11.3 Å². The molecule has 0 aliphatic heterocycles. The van der Waals surface area contributed by atoms with Crippen molar-refractivity contribution in [1.82, 2.24) is 4.98 Å². The minimum absolute atomic E-state index is 0.0410. The molecule has 0 atom stereocenters. The van der Waals surface area contributed by atoms with Gasteiger partial charge in [0.15, 0.2) is 5.13 Å². The SMILES string of the molecule is COCC(=O)Nc1nc(-c2ccccc2C)cs1. The normalized spacial score (nSPS) is 10.3. The Morgan fingerprint density at radius 2 is 2.22 bits per heavy atom. The zero-order valence-corrected chi connectivity index (χ0v) is 11.1. The number of carbonyl (C=O) groups excluding carboxylic acids is 1. The first kappa shape index (κ1) is 12.7. The highest BCUT2D eigenvalue weighted by Gasteiger charge is 2.08. The highest BCUT2D eigenvalue weighted by atomic mass is 32.1. The van der Waals surface area contributed by atoms with Gasteiger partial charge in [-0.2, -0.15) is 0 Å². The number of aromatic nitrogens is 1. The van der Waals surface area contributed by atoms with Gasteiger partial charge in [-0.25, -0.2) is 4.98 Å². The molecule has 0 bridgehead atoms. The number of rotatable bonds is 4. The number of ether oxygens (including phenoxy) is 1. The van der Waals surface area contributed by atoms with Crippen LogP contribution in [0.25, 0.3) is 11.3 Å². The van der Waals surface area contributed by atoms with Gasteiger partial charge >= 0.3 is 0 Å². The molecule has 0 fully saturated rings. The van der Waals surface area contributed by atoms with Crippen LogP contribution in [0.15, 0.2) is 29.6 Å². The van der Waals surface area contributed by atoms with Gasteiger partial charge in [-0.1, -0.05) is 24.3 Å².